The molecule has 0 radical (unpaired) electrons. The van der Waals surface area contributed by atoms with Crippen molar-refractivity contribution in [2.24, 2.45) is 0 Å². The standard InChI is InChI=1S/C12H18N4O3/c1-3-14-9-5-4-6-10(12(9)16(18)19)15-8-7-11(17)13-2/h4-6,14-15H,3,7-8H2,1-2H3,(H,13,17). The molecule has 0 saturated carbocycles. The van der Waals surface area contributed by atoms with Crippen LogP contribution in [0, 0.1) is 10.1 Å². The first-order valence-electron chi connectivity index (χ1n) is 6.05. The Bertz CT molecular complexity index is 462. The van der Waals surface area contributed by atoms with E-state index in [9.17, 15) is 14.9 Å². The van der Waals surface area contributed by atoms with Gasteiger partial charge in [0.1, 0.15) is 11.4 Å². The number of hydrogen-bond donors (Lipinski definition) is 3. The Labute approximate surface area is 111 Å². The second-order valence-corrected chi connectivity index (χ2v) is 3.84. The second kappa shape index (κ2) is 7.20. The van der Waals surface area contributed by atoms with Gasteiger partial charge >= 0.3 is 5.69 Å². The van der Waals surface area contributed by atoms with Gasteiger partial charge in [0.05, 0.1) is 4.92 Å². The molecular formula is C12H18N4O3. The number of nitrogens with zero attached hydrogens (tertiary/aromatic N) is 1. The molecule has 7 heteroatoms. The number of benzene rings is 1. The predicted octanol–water partition coefficient (Wildman–Crippen LogP) is 1.57. The minimum atomic E-state index is -0.430. The fourth-order valence-corrected chi connectivity index (χ4v) is 1.65. The van der Waals surface area contributed by atoms with Crippen LogP contribution in [0.25, 0.3) is 0 Å². The summed E-state index contributed by atoms with van der Waals surface area (Å²) in [6.07, 6.45) is 0.263. The number of amides is 1. The van der Waals surface area contributed by atoms with Crippen LogP contribution in [0.4, 0.5) is 17.1 Å². The normalized spacial score (nSPS) is 9.79. The van der Waals surface area contributed by atoms with Gasteiger partial charge in [-0.3, -0.25) is 14.9 Å². The lowest BCUT2D eigenvalue weighted by Crippen LogP contribution is -2.21. The minimum absolute atomic E-state index is 0.00116. The zero-order chi connectivity index (χ0) is 14.3. The zero-order valence-corrected chi connectivity index (χ0v) is 11.0. The van der Waals surface area contributed by atoms with Gasteiger partial charge in [0.25, 0.3) is 0 Å². The predicted molar refractivity (Wildman–Crippen MR) is 74.4 cm³/mol. The Morgan fingerprint density at radius 3 is 2.47 bits per heavy atom. The summed E-state index contributed by atoms with van der Waals surface area (Å²) in [5.41, 5.74) is 0.881. The molecule has 19 heavy (non-hydrogen) atoms. The Hall–Kier alpha value is -2.31. The van der Waals surface area contributed by atoms with E-state index in [0.717, 1.165) is 0 Å². The summed E-state index contributed by atoms with van der Waals surface area (Å²) < 4.78 is 0. The summed E-state index contributed by atoms with van der Waals surface area (Å²) in [7, 11) is 1.55. The molecule has 0 saturated heterocycles. The summed E-state index contributed by atoms with van der Waals surface area (Å²) in [6, 6.07) is 5.02. The molecule has 0 aliphatic carbocycles. The Kier molecular flexibility index (Phi) is 5.59. The van der Waals surface area contributed by atoms with Crippen LogP contribution in [0.15, 0.2) is 18.2 Å². The SMILES string of the molecule is CCNc1cccc(NCCC(=O)NC)c1[N+](=O)[O-]. The first-order chi connectivity index (χ1) is 9.10. The van der Waals surface area contributed by atoms with E-state index in [1.165, 1.54) is 0 Å². The van der Waals surface area contributed by atoms with Crippen molar-refractivity contribution in [3.8, 4) is 0 Å². The van der Waals surface area contributed by atoms with E-state index in [4.69, 9.17) is 0 Å². The van der Waals surface area contributed by atoms with Gasteiger partial charge in [-0.15, -0.1) is 0 Å². The Balaban J connectivity index is 2.84. The number of carbonyl (C=O) groups is 1. The topological polar surface area (TPSA) is 96.3 Å². The van der Waals surface area contributed by atoms with Crippen molar-refractivity contribution in [3.05, 3.63) is 28.3 Å². The molecule has 1 aromatic carbocycles. The molecule has 0 spiro atoms. The monoisotopic (exact) mass is 266 g/mol. The molecule has 0 aromatic heterocycles. The molecule has 0 unspecified atom stereocenters. The number of para-hydroxylation sites is 1. The molecule has 1 amide bonds. The molecule has 0 bridgehead atoms. The smallest absolute Gasteiger partial charge is 0.315 e. The molecule has 0 aliphatic heterocycles. The Morgan fingerprint density at radius 2 is 1.95 bits per heavy atom. The van der Waals surface area contributed by atoms with E-state index in [0.29, 0.717) is 24.5 Å². The Morgan fingerprint density at radius 1 is 1.32 bits per heavy atom. The number of hydrogen-bond acceptors (Lipinski definition) is 5. The van der Waals surface area contributed by atoms with Crippen molar-refractivity contribution in [3.63, 3.8) is 0 Å². The highest BCUT2D eigenvalue weighted by Crippen LogP contribution is 2.32. The van der Waals surface area contributed by atoms with Crippen LogP contribution in [-0.2, 0) is 4.79 Å². The van der Waals surface area contributed by atoms with Gasteiger partial charge in [-0.05, 0) is 19.1 Å². The maximum Gasteiger partial charge on any atom is 0.315 e. The number of carbonyl (C=O) groups excluding carboxylic acids is 1. The van der Waals surface area contributed by atoms with Crippen molar-refractivity contribution in [2.45, 2.75) is 13.3 Å². The van der Waals surface area contributed by atoms with Gasteiger partial charge in [-0.2, -0.15) is 0 Å². The van der Waals surface area contributed by atoms with Crippen LogP contribution >= 0.6 is 0 Å². The molecular weight excluding hydrogens is 248 g/mol. The van der Waals surface area contributed by atoms with Crippen molar-refractivity contribution in [1.82, 2.24) is 5.32 Å². The van der Waals surface area contributed by atoms with Gasteiger partial charge in [0, 0.05) is 26.6 Å². The molecule has 7 nitrogen and oxygen atoms in total. The van der Waals surface area contributed by atoms with Gasteiger partial charge in [-0.25, -0.2) is 0 Å². The van der Waals surface area contributed by atoms with Crippen molar-refractivity contribution in [1.29, 1.82) is 0 Å². The average Bonchev–Trinajstić information content (AvgIpc) is 2.38. The summed E-state index contributed by atoms with van der Waals surface area (Å²) in [5, 5.41) is 19.5. The third kappa shape index (κ3) is 4.13. The van der Waals surface area contributed by atoms with Crippen LogP contribution in [-0.4, -0.2) is 31.0 Å². The van der Waals surface area contributed by atoms with E-state index < -0.39 is 4.92 Å². The molecule has 0 aliphatic rings. The maximum absolute atomic E-state index is 11.1. The van der Waals surface area contributed by atoms with E-state index in [2.05, 4.69) is 16.0 Å². The van der Waals surface area contributed by atoms with Crippen LogP contribution in [0.2, 0.25) is 0 Å². The van der Waals surface area contributed by atoms with E-state index in [1.54, 1.807) is 25.2 Å². The number of rotatable bonds is 7. The number of anilines is 2. The third-order valence-electron chi connectivity index (χ3n) is 2.53. The summed E-state index contributed by atoms with van der Waals surface area (Å²) in [4.78, 5) is 21.8. The third-order valence-corrected chi connectivity index (χ3v) is 2.53. The quantitative estimate of drug-likeness (QED) is 0.514. The molecule has 0 atom stereocenters. The highest BCUT2D eigenvalue weighted by molar-refractivity contribution is 5.78. The fourth-order valence-electron chi connectivity index (χ4n) is 1.65. The fraction of sp³-hybridized carbons (Fsp3) is 0.417. The van der Waals surface area contributed by atoms with Crippen LogP contribution < -0.4 is 16.0 Å². The van der Waals surface area contributed by atoms with Gasteiger partial charge in [-0.1, -0.05) is 6.07 Å². The number of nitrogens with one attached hydrogen (secondary N) is 3. The molecule has 1 aromatic rings. The summed E-state index contributed by atoms with van der Waals surface area (Å²) in [6.45, 7) is 2.81. The minimum Gasteiger partial charge on any atom is -0.380 e. The lowest BCUT2D eigenvalue weighted by atomic mass is 10.2. The molecule has 0 fully saturated rings. The van der Waals surface area contributed by atoms with Gasteiger partial charge in [0.15, 0.2) is 0 Å². The van der Waals surface area contributed by atoms with Crippen molar-refractivity contribution >= 4 is 23.0 Å². The average molecular weight is 266 g/mol. The molecule has 0 heterocycles. The molecule has 104 valence electrons. The summed E-state index contributed by atoms with van der Waals surface area (Å²) in [5.74, 6) is -0.113. The van der Waals surface area contributed by atoms with Crippen molar-refractivity contribution < 1.29 is 9.72 Å². The largest absolute Gasteiger partial charge is 0.380 e. The lowest BCUT2D eigenvalue weighted by molar-refractivity contribution is -0.383. The van der Waals surface area contributed by atoms with Crippen molar-refractivity contribution in [2.75, 3.05) is 30.8 Å². The van der Waals surface area contributed by atoms with Gasteiger partial charge in [0.2, 0.25) is 5.91 Å². The number of nitro groups is 1. The number of nitro benzene ring substituents is 1. The van der Waals surface area contributed by atoms with E-state index in [-0.39, 0.29) is 18.0 Å². The van der Waals surface area contributed by atoms with E-state index in [1.807, 2.05) is 6.92 Å². The summed E-state index contributed by atoms with van der Waals surface area (Å²) >= 11 is 0. The lowest BCUT2D eigenvalue weighted by Gasteiger charge is -2.10. The highest BCUT2D eigenvalue weighted by atomic mass is 16.6. The maximum atomic E-state index is 11.1. The molecule has 3 N–H and O–H groups in total. The van der Waals surface area contributed by atoms with E-state index >= 15 is 0 Å². The second-order valence-electron chi connectivity index (χ2n) is 3.84. The van der Waals surface area contributed by atoms with Gasteiger partial charge < -0.3 is 16.0 Å². The van der Waals surface area contributed by atoms with Crippen LogP contribution in [0.1, 0.15) is 13.3 Å². The highest BCUT2D eigenvalue weighted by Gasteiger charge is 2.18. The first-order valence-corrected chi connectivity index (χ1v) is 6.05. The van der Waals surface area contributed by atoms with Crippen LogP contribution in [0.3, 0.4) is 0 Å². The zero-order valence-electron chi connectivity index (χ0n) is 11.0. The first kappa shape index (κ1) is 14.7. The van der Waals surface area contributed by atoms with Crippen LogP contribution in [0.5, 0.6) is 0 Å². The molecule has 1 rings (SSSR count).